The van der Waals surface area contributed by atoms with Gasteiger partial charge in [-0.15, -0.1) is 0 Å². The molecule has 2 aliphatic rings. The molecular formula is C16H20BrF. The summed E-state index contributed by atoms with van der Waals surface area (Å²) in [6.07, 6.45) is 8.20. The molecule has 0 spiro atoms. The van der Waals surface area contributed by atoms with Gasteiger partial charge in [0.05, 0.1) is 0 Å². The van der Waals surface area contributed by atoms with Crippen LogP contribution in [0.15, 0.2) is 24.3 Å². The molecule has 0 radical (unpaired) electrons. The Kier molecular flexibility index (Phi) is 3.74. The number of alkyl halides is 1. The smallest absolute Gasteiger partial charge is 0.123 e. The first kappa shape index (κ1) is 12.7. The predicted octanol–water partition coefficient (Wildman–Crippen LogP) is 4.96. The lowest BCUT2D eigenvalue weighted by atomic mass is 9.85. The van der Waals surface area contributed by atoms with E-state index in [0.717, 1.165) is 24.2 Å². The number of halogens is 2. The molecule has 0 nitrogen and oxygen atoms in total. The van der Waals surface area contributed by atoms with Gasteiger partial charge in [-0.1, -0.05) is 34.5 Å². The Balaban J connectivity index is 1.52. The largest absolute Gasteiger partial charge is 0.207 e. The van der Waals surface area contributed by atoms with E-state index < -0.39 is 0 Å². The molecule has 2 heteroatoms. The van der Waals surface area contributed by atoms with Crippen molar-refractivity contribution in [2.75, 3.05) is 0 Å². The zero-order chi connectivity index (χ0) is 12.5. The summed E-state index contributed by atoms with van der Waals surface area (Å²) >= 11 is 3.82. The highest BCUT2D eigenvalue weighted by Gasteiger charge is 2.39. The van der Waals surface area contributed by atoms with Crippen LogP contribution in [0, 0.1) is 23.6 Å². The second-order valence-electron chi connectivity index (χ2n) is 6.10. The molecule has 2 saturated carbocycles. The van der Waals surface area contributed by atoms with Crippen molar-refractivity contribution in [2.45, 2.75) is 43.4 Å². The van der Waals surface area contributed by atoms with E-state index in [4.69, 9.17) is 0 Å². The molecule has 2 bridgehead atoms. The van der Waals surface area contributed by atoms with Crippen LogP contribution in [-0.2, 0) is 6.42 Å². The van der Waals surface area contributed by atoms with Gasteiger partial charge in [0.15, 0.2) is 0 Å². The highest BCUT2D eigenvalue weighted by molar-refractivity contribution is 9.09. The van der Waals surface area contributed by atoms with Crippen LogP contribution in [0.3, 0.4) is 0 Å². The monoisotopic (exact) mass is 310 g/mol. The van der Waals surface area contributed by atoms with Gasteiger partial charge < -0.3 is 0 Å². The molecule has 4 unspecified atom stereocenters. The first-order valence-corrected chi connectivity index (χ1v) is 8.01. The highest BCUT2D eigenvalue weighted by Crippen LogP contribution is 2.50. The second-order valence-corrected chi connectivity index (χ2v) is 7.39. The van der Waals surface area contributed by atoms with Gasteiger partial charge in [-0.05, 0) is 67.6 Å². The minimum absolute atomic E-state index is 0.141. The lowest BCUT2D eigenvalue weighted by Crippen LogP contribution is -2.16. The second kappa shape index (κ2) is 5.32. The van der Waals surface area contributed by atoms with Crippen LogP contribution in [0.1, 0.15) is 37.7 Å². The third-order valence-corrected chi connectivity index (χ3v) is 5.51. The maximum Gasteiger partial charge on any atom is 0.123 e. The van der Waals surface area contributed by atoms with E-state index in [2.05, 4.69) is 15.9 Å². The minimum atomic E-state index is -0.141. The van der Waals surface area contributed by atoms with Crippen LogP contribution < -0.4 is 0 Å². The van der Waals surface area contributed by atoms with Gasteiger partial charge in [-0.2, -0.15) is 0 Å². The van der Waals surface area contributed by atoms with Gasteiger partial charge in [0, 0.05) is 4.83 Å². The highest BCUT2D eigenvalue weighted by atomic mass is 79.9. The van der Waals surface area contributed by atoms with Crippen LogP contribution in [0.4, 0.5) is 4.39 Å². The Morgan fingerprint density at radius 3 is 2.56 bits per heavy atom. The zero-order valence-electron chi connectivity index (χ0n) is 10.6. The quantitative estimate of drug-likeness (QED) is 0.690. The van der Waals surface area contributed by atoms with Crippen molar-refractivity contribution in [1.82, 2.24) is 0 Å². The minimum Gasteiger partial charge on any atom is -0.207 e. The summed E-state index contributed by atoms with van der Waals surface area (Å²) in [7, 11) is 0. The standard InChI is InChI=1S/C16H20BrF/c17-15(9-11-2-5-16(18)6-3-11)10-14-8-12-1-4-13(14)7-12/h2-3,5-6,12-15H,1,4,7-10H2. The van der Waals surface area contributed by atoms with Crippen LogP contribution in [0.25, 0.3) is 0 Å². The van der Waals surface area contributed by atoms with Gasteiger partial charge in [-0.25, -0.2) is 4.39 Å². The molecule has 0 amide bonds. The number of benzene rings is 1. The molecule has 1 aromatic carbocycles. The predicted molar refractivity (Wildman–Crippen MR) is 76.4 cm³/mol. The lowest BCUT2D eigenvalue weighted by Gasteiger charge is -2.24. The molecule has 2 aliphatic carbocycles. The number of rotatable bonds is 4. The van der Waals surface area contributed by atoms with Crippen LogP contribution in [0.2, 0.25) is 0 Å². The molecule has 0 aliphatic heterocycles. The van der Waals surface area contributed by atoms with Gasteiger partial charge in [0.2, 0.25) is 0 Å². The van der Waals surface area contributed by atoms with Gasteiger partial charge in [0.1, 0.15) is 5.82 Å². The summed E-state index contributed by atoms with van der Waals surface area (Å²) in [6, 6.07) is 6.94. The molecule has 4 atom stereocenters. The summed E-state index contributed by atoms with van der Waals surface area (Å²) in [4.78, 5) is 0.548. The van der Waals surface area contributed by atoms with Crippen molar-refractivity contribution in [3.05, 3.63) is 35.6 Å². The number of hydrogen-bond donors (Lipinski definition) is 0. The van der Waals surface area contributed by atoms with Crippen molar-refractivity contribution in [2.24, 2.45) is 17.8 Å². The Morgan fingerprint density at radius 1 is 1.17 bits per heavy atom. The molecule has 0 aromatic heterocycles. The molecule has 2 fully saturated rings. The third-order valence-electron chi connectivity index (χ3n) is 4.81. The first-order valence-electron chi connectivity index (χ1n) is 7.09. The van der Waals surface area contributed by atoms with E-state index in [0.29, 0.717) is 4.83 Å². The molecule has 98 valence electrons. The van der Waals surface area contributed by atoms with Crippen LogP contribution in [-0.4, -0.2) is 4.83 Å². The fourth-order valence-electron chi connectivity index (χ4n) is 3.95. The van der Waals surface area contributed by atoms with Crippen molar-refractivity contribution in [1.29, 1.82) is 0 Å². The van der Waals surface area contributed by atoms with Crippen molar-refractivity contribution in [3.8, 4) is 0 Å². The van der Waals surface area contributed by atoms with E-state index in [1.807, 2.05) is 12.1 Å². The summed E-state index contributed by atoms with van der Waals surface area (Å²) in [5.41, 5.74) is 1.24. The summed E-state index contributed by atoms with van der Waals surface area (Å²) < 4.78 is 12.8. The fourth-order valence-corrected chi connectivity index (χ4v) is 4.81. The van der Waals surface area contributed by atoms with E-state index in [9.17, 15) is 4.39 Å². The average Bonchev–Trinajstić information content (AvgIpc) is 2.94. The van der Waals surface area contributed by atoms with Crippen molar-refractivity contribution < 1.29 is 4.39 Å². The van der Waals surface area contributed by atoms with E-state index >= 15 is 0 Å². The Labute approximate surface area is 117 Å². The molecule has 0 heterocycles. The van der Waals surface area contributed by atoms with Crippen molar-refractivity contribution in [3.63, 3.8) is 0 Å². The normalized spacial score (nSPS) is 31.8. The molecule has 1 aromatic rings. The number of fused-ring (bicyclic) bond motifs is 2. The van der Waals surface area contributed by atoms with Gasteiger partial charge >= 0.3 is 0 Å². The summed E-state index contributed by atoms with van der Waals surface area (Å²) in [6.45, 7) is 0. The Morgan fingerprint density at radius 2 is 1.94 bits per heavy atom. The maximum atomic E-state index is 12.8. The zero-order valence-corrected chi connectivity index (χ0v) is 12.2. The average molecular weight is 311 g/mol. The van der Waals surface area contributed by atoms with E-state index in [1.54, 1.807) is 12.1 Å². The van der Waals surface area contributed by atoms with Crippen LogP contribution >= 0.6 is 15.9 Å². The third kappa shape index (κ3) is 2.79. The number of hydrogen-bond acceptors (Lipinski definition) is 0. The van der Waals surface area contributed by atoms with Crippen molar-refractivity contribution >= 4 is 15.9 Å². The summed E-state index contributed by atoms with van der Waals surface area (Å²) in [5, 5.41) is 0. The summed E-state index contributed by atoms with van der Waals surface area (Å²) in [5.74, 6) is 2.83. The topological polar surface area (TPSA) is 0 Å². The lowest BCUT2D eigenvalue weighted by molar-refractivity contribution is 0.313. The SMILES string of the molecule is Fc1ccc(CC(Br)CC2CC3CCC2C3)cc1. The molecule has 0 N–H and O–H groups in total. The first-order chi connectivity index (χ1) is 8.70. The molecule has 0 saturated heterocycles. The Hall–Kier alpha value is -0.370. The fraction of sp³-hybridized carbons (Fsp3) is 0.625. The van der Waals surface area contributed by atoms with Gasteiger partial charge in [-0.3, -0.25) is 0 Å². The molecule has 3 rings (SSSR count). The van der Waals surface area contributed by atoms with Crippen LogP contribution in [0.5, 0.6) is 0 Å². The van der Waals surface area contributed by atoms with Gasteiger partial charge in [0.25, 0.3) is 0 Å². The molecular weight excluding hydrogens is 291 g/mol. The maximum absolute atomic E-state index is 12.8. The van der Waals surface area contributed by atoms with E-state index in [-0.39, 0.29) is 5.82 Å². The molecule has 18 heavy (non-hydrogen) atoms. The van der Waals surface area contributed by atoms with E-state index in [1.165, 1.54) is 37.7 Å². The Bertz CT molecular complexity index is 400.